The Morgan fingerprint density at radius 3 is 2.60 bits per heavy atom. The van der Waals surface area contributed by atoms with Crippen LogP contribution in [0.3, 0.4) is 0 Å². The molecule has 10 heavy (non-hydrogen) atoms. The van der Waals surface area contributed by atoms with Gasteiger partial charge in [-0.2, -0.15) is 0 Å². The monoisotopic (exact) mass is 143 g/mol. The molecule has 0 atom stereocenters. The van der Waals surface area contributed by atoms with E-state index in [1.807, 2.05) is 7.85 Å². The smallest absolute Gasteiger partial charge is 0.224 e. The van der Waals surface area contributed by atoms with Crippen LogP contribution >= 0.6 is 0 Å². The highest BCUT2D eigenvalue weighted by atomic mass is 16.5. The van der Waals surface area contributed by atoms with E-state index in [-0.39, 0.29) is 5.91 Å². The van der Waals surface area contributed by atoms with Crippen molar-refractivity contribution in [3.63, 3.8) is 0 Å². The van der Waals surface area contributed by atoms with Gasteiger partial charge in [0.25, 0.3) is 0 Å². The topological polar surface area (TPSA) is 29.5 Å². The predicted octanol–water partition coefficient (Wildman–Crippen LogP) is -0.928. The van der Waals surface area contributed by atoms with E-state index in [9.17, 15) is 4.79 Å². The van der Waals surface area contributed by atoms with Crippen LogP contribution in [-0.4, -0.2) is 45.9 Å². The van der Waals surface area contributed by atoms with Crippen LogP contribution in [0.2, 0.25) is 0 Å². The van der Waals surface area contributed by atoms with Gasteiger partial charge in [-0.1, -0.05) is 0 Å². The average molecular weight is 143 g/mol. The molecule has 0 aliphatic rings. The van der Waals surface area contributed by atoms with Crippen molar-refractivity contribution in [1.29, 1.82) is 0 Å². The maximum atomic E-state index is 10.9. The van der Waals surface area contributed by atoms with Crippen molar-refractivity contribution in [2.75, 3.05) is 27.2 Å². The van der Waals surface area contributed by atoms with Crippen molar-refractivity contribution in [1.82, 2.24) is 4.90 Å². The van der Waals surface area contributed by atoms with Crippen LogP contribution in [-0.2, 0) is 9.53 Å². The molecule has 0 aromatic carbocycles. The van der Waals surface area contributed by atoms with Gasteiger partial charge >= 0.3 is 0 Å². The Hall–Kier alpha value is -0.505. The molecule has 4 heteroatoms. The average Bonchev–Trinajstić information content (AvgIpc) is 1.88. The molecule has 0 aliphatic carbocycles. The molecule has 3 nitrogen and oxygen atoms in total. The number of amides is 1. The zero-order chi connectivity index (χ0) is 7.98. The zero-order valence-electron chi connectivity index (χ0n) is 6.89. The fourth-order valence-corrected chi connectivity index (χ4v) is 0.527. The standard InChI is InChI=1S/C6H14BNO2/c1-8(2)6(9)3-4-10-5-7/h3-5,7H2,1-2H3. The molecule has 0 aliphatic heterocycles. The highest BCUT2D eigenvalue weighted by molar-refractivity contribution is 6.08. The Labute approximate surface area is 62.8 Å². The third kappa shape index (κ3) is 4.38. The number of rotatable bonds is 4. The van der Waals surface area contributed by atoms with E-state index in [0.29, 0.717) is 19.5 Å². The first-order valence-corrected chi connectivity index (χ1v) is 3.46. The summed E-state index contributed by atoms with van der Waals surface area (Å²) in [5.74, 6) is 0.119. The first-order chi connectivity index (χ1) is 4.68. The quantitative estimate of drug-likeness (QED) is 0.376. The van der Waals surface area contributed by atoms with Gasteiger partial charge in [0.15, 0.2) is 0 Å². The van der Waals surface area contributed by atoms with E-state index < -0.39 is 0 Å². The first kappa shape index (κ1) is 9.49. The molecule has 0 rings (SSSR count). The summed E-state index contributed by atoms with van der Waals surface area (Å²) in [7, 11) is 5.41. The van der Waals surface area contributed by atoms with Gasteiger partial charge in [0, 0.05) is 20.6 Å². The second kappa shape index (κ2) is 5.29. The number of carbonyl (C=O) groups is 1. The molecule has 0 N–H and O–H groups in total. The van der Waals surface area contributed by atoms with Crippen molar-refractivity contribution >= 4 is 13.8 Å². The van der Waals surface area contributed by atoms with E-state index in [0.717, 1.165) is 0 Å². The molecule has 0 aromatic heterocycles. The van der Waals surface area contributed by atoms with Crippen molar-refractivity contribution < 1.29 is 9.53 Å². The molecular weight excluding hydrogens is 129 g/mol. The van der Waals surface area contributed by atoms with Crippen LogP contribution in [0, 0.1) is 0 Å². The lowest BCUT2D eigenvalue weighted by Gasteiger charge is -2.09. The van der Waals surface area contributed by atoms with Gasteiger partial charge < -0.3 is 9.64 Å². The predicted molar refractivity (Wildman–Crippen MR) is 42.7 cm³/mol. The lowest BCUT2D eigenvalue weighted by Crippen LogP contribution is -2.22. The summed E-state index contributed by atoms with van der Waals surface area (Å²) in [5, 5.41) is 0. The van der Waals surface area contributed by atoms with Crippen LogP contribution in [0.25, 0.3) is 0 Å². The van der Waals surface area contributed by atoms with E-state index in [1.165, 1.54) is 0 Å². The molecule has 0 heterocycles. The van der Waals surface area contributed by atoms with Gasteiger partial charge in [-0.25, -0.2) is 0 Å². The Morgan fingerprint density at radius 2 is 2.20 bits per heavy atom. The summed E-state index contributed by atoms with van der Waals surface area (Å²) in [6.07, 6.45) is 0.487. The Balaban J connectivity index is 3.22. The number of hydrogen-bond donors (Lipinski definition) is 0. The van der Waals surface area contributed by atoms with Crippen LogP contribution in [0.4, 0.5) is 0 Å². The van der Waals surface area contributed by atoms with E-state index >= 15 is 0 Å². The van der Waals surface area contributed by atoms with Crippen molar-refractivity contribution in [3.8, 4) is 0 Å². The molecule has 58 valence electrons. The molecular formula is C6H14BNO2. The molecule has 0 saturated heterocycles. The van der Waals surface area contributed by atoms with Crippen molar-refractivity contribution in [2.24, 2.45) is 0 Å². The summed E-state index contributed by atoms with van der Waals surface area (Å²) in [5.41, 5.74) is 0. The van der Waals surface area contributed by atoms with Crippen molar-refractivity contribution in [3.05, 3.63) is 0 Å². The van der Waals surface area contributed by atoms with Crippen LogP contribution in [0.1, 0.15) is 6.42 Å². The lowest BCUT2D eigenvalue weighted by molar-refractivity contribution is -0.129. The van der Waals surface area contributed by atoms with E-state index in [1.54, 1.807) is 19.0 Å². The molecule has 0 fully saturated rings. The SMILES string of the molecule is BCOCCC(=O)N(C)C. The molecule has 0 radical (unpaired) electrons. The lowest BCUT2D eigenvalue weighted by atomic mass is 10.2. The van der Waals surface area contributed by atoms with Gasteiger partial charge in [-0.3, -0.25) is 4.79 Å². The summed E-state index contributed by atoms with van der Waals surface area (Å²) >= 11 is 0. The Kier molecular flexibility index (Phi) is 5.03. The minimum Gasteiger partial charge on any atom is -0.390 e. The number of ether oxygens (including phenoxy) is 1. The first-order valence-electron chi connectivity index (χ1n) is 3.46. The fourth-order valence-electron chi connectivity index (χ4n) is 0.527. The van der Waals surface area contributed by atoms with E-state index in [4.69, 9.17) is 4.74 Å². The summed E-state index contributed by atoms with van der Waals surface area (Å²) in [6.45, 7) is 1.22. The molecule has 0 aromatic rings. The number of carbonyl (C=O) groups excluding carboxylic acids is 1. The summed E-state index contributed by atoms with van der Waals surface area (Å²) < 4.78 is 5.01. The molecule has 0 saturated carbocycles. The number of hydrogen-bond acceptors (Lipinski definition) is 2. The third-order valence-electron chi connectivity index (χ3n) is 1.16. The highest BCUT2D eigenvalue weighted by Crippen LogP contribution is 1.86. The maximum absolute atomic E-state index is 10.9. The molecule has 0 unspecified atom stereocenters. The van der Waals surface area contributed by atoms with Gasteiger partial charge in [0.1, 0.15) is 7.85 Å². The normalized spacial score (nSPS) is 9.40. The largest absolute Gasteiger partial charge is 0.390 e. The third-order valence-corrected chi connectivity index (χ3v) is 1.16. The minimum absolute atomic E-state index is 0.119. The minimum atomic E-state index is 0.119. The summed E-state index contributed by atoms with van der Waals surface area (Å²) in [4.78, 5) is 12.4. The van der Waals surface area contributed by atoms with Crippen LogP contribution in [0.5, 0.6) is 0 Å². The molecule has 0 bridgehead atoms. The number of nitrogens with zero attached hydrogens (tertiary/aromatic N) is 1. The van der Waals surface area contributed by atoms with Gasteiger partial charge in [-0.05, 0) is 0 Å². The Morgan fingerprint density at radius 1 is 1.60 bits per heavy atom. The maximum Gasteiger partial charge on any atom is 0.224 e. The van der Waals surface area contributed by atoms with E-state index in [2.05, 4.69) is 0 Å². The highest BCUT2D eigenvalue weighted by Gasteiger charge is 2.01. The van der Waals surface area contributed by atoms with Crippen LogP contribution < -0.4 is 0 Å². The second-order valence-corrected chi connectivity index (χ2v) is 2.24. The van der Waals surface area contributed by atoms with Crippen LogP contribution in [0.15, 0.2) is 0 Å². The Bertz CT molecular complexity index is 106. The zero-order valence-corrected chi connectivity index (χ0v) is 6.89. The summed E-state index contributed by atoms with van der Waals surface area (Å²) in [6, 6.07) is 0. The molecule has 1 amide bonds. The van der Waals surface area contributed by atoms with Crippen molar-refractivity contribution in [2.45, 2.75) is 6.42 Å². The molecule has 0 spiro atoms. The van der Waals surface area contributed by atoms with Gasteiger partial charge in [-0.15, -0.1) is 0 Å². The van der Waals surface area contributed by atoms with Gasteiger partial charge in [0.2, 0.25) is 5.91 Å². The fraction of sp³-hybridized carbons (Fsp3) is 0.833. The second-order valence-electron chi connectivity index (χ2n) is 2.24. The van der Waals surface area contributed by atoms with Gasteiger partial charge in [0.05, 0.1) is 13.0 Å².